The average Bonchev–Trinajstić information content (AvgIpc) is 3.19. The Kier molecular flexibility index (Phi) is 4.26. The van der Waals surface area contributed by atoms with E-state index in [9.17, 15) is 5.11 Å². The van der Waals surface area contributed by atoms with Crippen LogP contribution in [-0.2, 0) is 11.0 Å². The summed E-state index contributed by atoms with van der Waals surface area (Å²) in [6, 6.07) is 6.40. The van der Waals surface area contributed by atoms with Crippen molar-refractivity contribution in [3.8, 4) is 0 Å². The number of fused-ring (bicyclic) bond motifs is 1. The van der Waals surface area contributed by atoms with Gasteiger partial charge in [0, 0.05) is 9.75 Å². The van der Waals surface area contributed by atoms with E-state index in [-0.39, 0.29) is 5.41 Å². The summed E-state index contributed by atoms with van der Waals surface area (Å²) in [5, 5.41) is 15.7. The maximum absolute atomic E-state index is 11.4. The zero-order valence-electron chi connectivity index (χ0n) is 12.9. The van der Waals surface area contributed by atoms with Gasteiger partial charge in [0.2, 0.25) is 0 Å². The Morgan fingerprint density at radius 3 is 2.67 bits per heavy atom. The Labute approximate surface area is 135 Å². The third-order valence-corrected chi connectivity index (χ3v) is 7.16. The van der Waals surface area contributed by atoms with Crippen molar-refractivity contribution in [2.75, 3.05) is 0 Å². The molecule has 3 rings (SSSR count). The van der Waals surface area contributed by atoms with E-state index >= 15 is 0 Å². The van der Waals surface area contributed by atoms with Crippen LogP contribution >= 0.6 is 22.7 Å². The van der Waals surface area contributed by atoms with E-state index in [0.717, 1.165) is 17.7 Å². The fraction of sp³-hybridized carbons (Fsp3) is 0.556. The highest BCUT2D eigenvalue weighted by atomic mass is 32.1. The quantitative estimate of drug-likeness (QED) is 0.679. The van der Waals surface area contributed by atoms with Crippen molar-refractivity contribution in [2.24, 2.45) is 0 Å². The topological polar surface area (TPSA) is 20.2 Å². The number of rotatable bonds is 6. The van der Waals surface area contributed by atoms with Gasteiger partial charge in [-0.25, -0.2) is 0 Å². The summed E-state index contributed by atoms with van der Waals surface area (Å²) >= 11 is 3.41. The average molecular weight is 321 g/mol. The van der Waals surface area contributed by atoms with Crippen LogP contribution in [0.25, 0.3) is 0 Å². The molecule has 21 heavy (non-hydrogen) atoms. The van der Waals surface area contributed by atoms with Crippen LogP contribution in [-0.4, -0.2) is 5.11 Å². The molecule has 0 spiro atoms. The molecular formula is C18H24OS2. The molecule has 0 aromatic carbocycles. The molecule has 2 heterocycles. The minimum absolute atomic E-state index is 0.170. The molecule has 0 fully saturated rings. The molecule has 0 saturated heterocycles. The van der Waals surface area contributed by atoms with Crippen LogP contribution in [0.1, 0.15) is 67.7 Å². The van der Waals surface area contributed by atoms with E-state index in [1.807, 2.05) is 6.07 Å². The number of hydrogen-bond acceptors (Lipinski definition) is 3. The van der Waals surface area contributed by atoms with E-state index in [4.69, 9.17) is 0 Å². The van der Waals surface area contributed by atoms with Crippen molar-refractivity contribution in [3.05, 3.63) is 44.3 Å². The van der Waals surface area contributed by atoms with E-state index in [1.54, 1.807) is 22.7 Å². The zero-order valence-corrected chi connectivity index (χ0v) is 14.5. The Morgan fingerprint density at radius 2 is 2.00 bits per heavy atom. The second-order valence-electron chi connectivity index (χ2n) is 6.27. The smallest absolute Gasteiger partial charge is 0.134 e. The lowest BCUT2D eigenvalue weighted by atomic mass is 9.74. The van der Waals surface area contributed by atoms with E-state index in [0.29, 0.717) is 0 Å². The highest BCUT2D eigenvalue weighted by Crippen LogP contribution is 2.57. The SMILES string of the molecule is CCCCCC1(CC)CC(O)(c2cccs2)c2sccc21. The van der Waals surface area contributed by atoms with Crippen molar-refractivity contribution < 1.29 is 5.11 Å². The summed E-state index contributed by atoms with van der Waals surface area (Å²) in [7, 11) is 0. The molecular weight excluding hydrogens is 296 g/mol. The predicted molar refractivity (Wildman–Crippen MR) is 92.4 cm³/mol. The summed E-state index contributed by atoms with van der Waals surface area (Å²) in [5.74, 6) is 0. The van der Waals surface area contributed by atoms with Crippen LogP contribution in [0.15, 0.2) is 29.0 Å². The molecule has 1 aliphatic carbocycles. The number of hydrogen-bond donors (Lipinski definition) is 1. The van der Waals surface area contributed by atoms with Crippen LogP contribution in [0.3, 0.4) is 0 Å². The van der Waals surface area contributed by atoms with Crippen molar-refractivity contribution in [1.29, 1.82) is 0 Å². The highest BCUT2D eigenvalue weighted by molar-refractivity contribution is 7.12. The fourth-order valence-corrected chi connectivity index (χ4v) is 5.88. The molecule has 1 nitrogen and oxygen atoms in total. The van der Waals surface area contributed by atoms with Gasteiger partial charge in [-0.2, -0.15) is 0 Å². The molecule has 0 amide bonds. The lowest BCUT2D eigenvalue weighted by Gasteiger charge is -2.31. The van der Waals surface area contributed by atoms with Crippen LogP contribution < -0.4 is 0 Å². The first kappa shape index (κ1) is 15.3. The zero-order chi connectivity index (χ0) is 14.9. The molecule has 114 valence electrons. The van der Waals surface area contributed by atoms with Crippen LogP contribution in [0.4, 0.5) is 0 Å². The van der Waals surface area contributed by atoms with Gasteiger partial charge in [-0.15, -0.1) is 22.7 Å². The third-order valence-electron chi connectivity index (χ3n) is 5.07. The molecule has 0 bridgehead atoms. The van der Waals surface area contributed by atoms with E-state index < -0.39 is 5.60 Å². The standard InChI is InChI=1S/C18H24OS2/c1-3-5-6-10-17(4-2)13-18(19,15-8-7-11-20-15)16-14(17)9-12-21-16/h7-9,11-12,19H,3-6,10,13H2,1-2H3. The van der Waals surface area contributed by atoms with Gasteiger partial charge < -0.3 is 5.11 Å². The molecule has 3 heteroatoms. The summed E-state index contributed by atoms with van der Waals surface area (Å²) in [6.07, 6.45) is 7.00. The van der Waals surface area contributed by atoms with Crippen molar-refractivity contribution in [2.45, 2.75) is 63.4 Å². The second kappa shape index (κ2) is 5.86. The largest absolute Gasteiger partial charge is 0.379 e. The second-order valence-corrected chi connectivity index (χ2v) is 8.13. The van der Waals surface area contributed by atoms with Gasteiger partial charge in [0.15, 0.2) is 0 Å². The maximum atomic E-state index is 11.4. The Morgan fingerprint density at radius 1 is 1.14 bits per heavy atom. The normalized spacial score (nSPS) is 28.0. The van der Waals surface area contributed by atoms with Crippen molar-refractivity contribution in [3.63, 3.8) is 0 Å². The lowest BCUT2D eigenvalue weighted by Crippen LogP contribution is -2.29. The molecule has 1 aliphatic rings. The van der Waals surface area contributed by atoms with Crippen LogP contribution in [0.5, 0.6) is 0 Å². The molecule has 2 aromatic heterocycles. The molecule has 2 aromatic rings. The maximum Gasteiger partial charge on any atom is 0.134 e. The van der Waals surface area contributed by atoms with Gasteiger partial charge in [-0.3, -0.25) is 0 Å². The monoisotopic (exact) mass is 320 g/mol. The third kappa shape index (κ3) is 2.39. The van der Waals surface area contributed by atoms with Crippen molar-refractivity contribution >= 4 is 22.7 Å². The summed E-state index contributed by atoms with van der Waals surface area (Å²) in [5.41, 5.74) is 0.838. The Bertz CT molecular complexity index is 586. The number of aliphatic hydroxyl groups is 1. The summed E-state index contributed by atoms with van der Waals surface area (Å²) < 4.78 is 0. The Balaban J connectivity index is 1.99. The van der Waals surface area contributed by atoms with E-state index in [1.165, 1.54) is 36.1 Å². The summed E-state index contributed by atoms with van der Waals surface area (Å²) in [4.78, 5) is 2.31. The van der Waals surface area contributed by atoms with Gasteiger partial charge in [0.25, 0.3) is 0 Å². The number of unbranched alkanes of at least 4 members (excludes halogenated alkanes) is 2. The number of thiophene rings is 2. The van der Waals surface area contributed by atoms with Gasteiger partial charge in [0.05, 0.1) is 0 Å². The lowest BCUT2D eigenvalue weighted by molar-refractivity contribution is 0.0662. The molecule has 1 N–H and O–H groups in total. The molecule has 2 unspecified atom stereocenters. The minimum atomic E-state index is -0.750. The predicted octanol–water partition coefficient (Wildman–Crippen LogP) is 5.68. The highest BCUT2D eigenvalue weighted by Gasteiger charge is 2.52. The van der Waals surface area contributed by atoms with Gasteiger partial charge in [-0.05, 0) is 53.1 Å². The molecule has 0 aliphatic heterocycles. The van der Waals surface area contributed by atoms with Crippen LogP contribution in [0, 0.1) is 0 Å². The van der Waals surface area contributed by atoms with Gasteiger partial charge >= 0.3 is 0 Å². The molecule has 0 saturated carbocycles. The van der Waals surface area contributed by atoms with Gasteiger partial charge in [0.1, 0.15) is 5.60 Å². The first-order chi connectivity index (χ1) is 10.2. The molecule has 2 atom stereocenters. The van der Waals surface area contributed by atoms with E-state index in [2.05, 4.69) is 36.7 Å². The minimum Gasteiger partial charge on any atom is -0.379 e. The van der Waals surface area contributed by atoms with Gasteiger partial charge in [-0.1, -0.05) is 39.2 Å². The summed E-state index contributed by atoms with van der Waals surface area (Å²) in [6.45, 7) is 4.54. The molecule has 0 radical (unpaired) electrons. The first-order valence-corrected chi connectivity index (χ1v) is 9.77. The first-order valence-electron chi connectivity index (χ1n) is 8.01. The fourth-order valence-electron chi connectivity index (χ4n) is 3.85. The Hall–Kier alpha value is -0.640. The van der Waals surface area contributed by atoms with Crippen LogP contribution in [0.2, 0.25) is 0 Å². The van der Waals surface area contributed by atoms with Crippen molar-refractivity contribution in [1.82, 2.24) is 0 Å².